The molecule has 0 unspecified atom stereocenters. The Morgan fingerprint density at radius 2 is 1.45 bits per heavy atom. The number of carbonyl (C=O) groups is 2. The molecule has 7 heteroatoms. The average molecular weight is 308 g/mol. The fourth-order valence-corrected chi connectivity index (χ4v) is 1.70. The van der Waals surface area contributed by atoms with E-state index < -0.39 is 35.7 Å². The minimum absolute atomic E-state index is 0.0301. The summed E-state index contributed by atoms with van der Waals surface area (Å²) in [5, 5.41) is 4.60. The summed E-state index contributed by atoms with van der Waals surface area (Å²) in [4.78, 5) is 23.2. The third kappa shape index (κ3) is 4.34. The van der Waals surface area contributed by atoms with E-state index in [1.165, 1.54) is 24.3 Å². The third-order valence-corrected chi connectivity index (χ3v) is 2.63. The molecule has 2 aromatic rings. The summed E-state index contributed by atoms with van der Waals surface area (Å²) >= 11 is 0. The molecule has 2 aromatic carbocycles. The lowest BCUT2D eigenvalue weighted by Gasteiger charge is -2.07. The maximum atomic E-state index is 13.0. The Kier molecular flexibility index (Phi) is 4.77. The van der Waals surface area contributed by atoms with Crippen LogP contribution in [0.2, 0.25) is 0 Å². The highest BCUT2D eigenvalue weighted by Crippen LogP contribution is 2.14. The van der Waals surface area contributed by atoms with E-state index in [1.54, 1.807) is 0 Å². The lowest BCUT2D eigenvalue weighted by Crippen LogP contribution is -2.21. The quantitative estimate of drug-likeness (QED) is 0.853. The highest BCUT2D eigenvalue weighted by molar-refractivity contribution is 6.08. The van der Waals surface area contributed by atoms with E-state index in [0.717, 1.165) is 18.2 Å². The Hall–Kier alpha value is -2.83. The summed E-state index contributed by atoms with van der Waals surface area (Å²) in [5.41, 5.74) is 0.244. The zero-order valence-corrected chi connectivity index (χ0v) is 11.2. The van der Waals surface area contributed by atoms with Gasteiger partial charge in [-0.1, -0.05) is 6.07 Å². The molecule has 0 atom stereocenters. The number of nitrogens with one attached hydrogen (secondary N) is 2. The van der Waals surface area contributed by atoms with Crippen molar-refractivity contribution in [3.8, 4) is 0 Å². The molecular formula is C15H11F3N2O2. The van der Waals surface area contributed by atoms with Crippen molar-refractivity contribution in [2.24, 2.45) is 0 Å². The van der Waals surface area contributed by atoms with Crippen molar-refractivity contribution in [1.82, 2.24) is 0 Å². The molecule has 0 spiro atoms. The fourth-order valence-electron chi connectivity index (χ4n) is 1.70. The summed E-state index contributed by atoms with van der Waals surface area (Å²) in [7, 11) is 0. The molecule has 0 aliphatic heterocycles. The van der Waals surface area contributed by atoms with Crippen LogP contribution in [0.25, 0.3) is 0 Å². The maximum Gasteiger partial charge on any atom is 0.233 e. The molecule has 0 bridgehead atoms. The highest BCUT2D eigenvalue weighted by atomic mass is 19.2. The highest BCUT2D eigenvalue weighted by Gasteiger charge is 2.11. The molecule has 0 heterocycles. The van der Waals surface area contributed by atoms with Crippen LogP contribution >= 0.6 is 0 Å². The van der Waals surface area contributed by atoms with Crippen molar-refractivity contribution >= 4 is 23.2 Å². The van der Waals surface area contributed by atoms with Crippen LogP contribution in [-0.2, 0) is 9.59 Å². The standard InChI is InChI=1S/C15H11F3N2O2/c16-9-2-1-3-10(6-9)19-14(21)8-15(22)20-11-4-5-12(17)13(18)7-11/h1-7H,8H2,(H,19,21)(H,20,22). The number of hydrogen-bond donors (Lipinski definition) is 2. The molecule has 114 valence electrons. The van der Waals surface area contributed by atoms with Crippen LogP contribution in [0.4, 0.5) is 24.5 Å². The largest absolute Gasteiger partial charge is 0.326 e. The Morgan fingerprint density at radius 1 is 0.818 bits per heavy atom. The molecule has 2 amide bonds. The summed E-state index contributed by atoms with van der Waals surface area (Å²) in [6.45, 7) is 0. The van der Waals surface area contributed by atoms with E-state index >= 15 is 0 Å². The summed E-state index contributed by atoms with van der Waals surface area (Å²) < 4.78 is 38.7. The van der Waals surface area contributed by atoms with Gasteiger partial charge < -0.3 is 10.6 Å². The van der Waals surface area contributed by atoms with E-state index in [9.17, 15) is 22.8 Å². The van der Waals surface area contributed by atoms with Crippen LogP contribution in [0.15, 0.2) is 42.5 Å². The number of benzene rings is 2. The number of hydrogen-bond acceptors (Lipinski definition) is 2. The van der Waals surface area contributed by atoms with Gasteiger partial charge in [-0.2, -0.15) is 0 Å². The molecule has 0 aliphatic rings. The molecular weight excluding hydrogens is 297 g/mol. The van der Waals surface area contributed by atoms with Gasteiger partial charge >= 0.3 is 0 Å². The molecule has 2 rings (SSSR count). The third-order valence-electron chi connectivity index (χ3n) is 2.63. The monoisotopic (exact) mass is 308 g/mol. The van der Waals surface area contributed by atoms with Crippen LogP contribution in [0.3, 0.4) is 0 Å². The van der Waals surface area contributed by atoms with Crippen molar-refractivity contribution < 1.29 is 22.8 Å². The molecule has 2 N–H and O–H groups in total. The normalized spacial score (nSPS) is 10.1. The zero-order valence-electron chi connectivity index (χ0n) is 11.2. The van der Waals surface area contributed by atoms with Gasteiger partial charge in [-0.15, -0.1) is 0 Å². The Morgan fingerprint density at radius 3 is 2.05 bits per heavy atom. The van der Waals surface area contributed by atoms with Gasteiger partial charge in [0.25, 0.3) is 0 Å². The minimum atomic E-state index is -1.11. The van der Waals surface area contributed by atoms with E-state index in [2.05, 4.69) is 10.6 Å². The van der Waals surface area contributed by atoms with Crippen LogP contribution in [0.5, 0.6) is 0 Å². The van der Waals surface area contributed by atoms with E-state index in [1.807, 2.05) is 0 Å². The number of anilines is 2. The molecule has 0 saturated heterocycles. The van der Waals surface area contributed by atoms with Crippen molar-refractivity contribution in [1.29, 1.82) is 0 Å². The second-order valence-electron chi connectivity index (χ2n) is 4.41. The SMILES string of the molecule is O=C(CC(=O)Nc1ccc(F)c(F)c1)Nc1cccc(F)c1. The first kappa shape index (κ1) is 15.6. The molecule has 0 aliphatic carbocycles. The summed E-state index contributed by atoms with van der Waals surface area (Å²) in [5.74, 6) is -4.04. The molecule has 0 fully saturated rings. The molecule has 0 aromatic heterocycles. The Labute approximate surface area is 124 Å². The van der Waals surface area contributed by atoms with Crippen LogP contribution in [0.1, 0.15) is 6.42 Å². The second kappa shape index (κ2) is 6.75. The Balaban J connectivity index is 1.91. The van der Waals surface area contributed by atoms with Crippen LogP contribution in [-0.4, -0.2) is 11.8 Å². The topological polar surface area (TPSA) is 58.2 Å². The van der Waals surface area contributed by atoms with Gasteiger partial charge in [0.15, 0.2) is 11.6 Å². The molecule has 22 heavy (non-hydrogen) atoms. The minimum Gasteiger partial charge on any atom is -0.326 e. The fraction of sp³-hybridized carbons (Fsp3) is 0.0667. The average Bonchev–Trinajstić information content (AvgIpc) is 2.42. The Bertz CT molecular complexity index is 720. The van der Waals surface area contributed by atoms with E-state index in [4.69, 9.17) is 0 Å². The van der Waals surface area contributed by atoms with Crippen LogP contribution in [0, 0.1) is 17.5 Å². The van der Waals surface area contributed by atoms with Crippen molar-refractivity contribution in [3.05, 3.63) is 59.9 Å². The summed E-state index contributed by atoms with van der Waals surface area (Å²) in [6, 6.07) is 8.02. The number of halogens is 3. The zero-order chi connectivity index (χ0) is 16.1. The van der Waals surface area contributed by atoms with Crippen molar-refractivity contribution in [2.45, 2.75) is 6.42 Å². The molecule has 4 nitrogen and oxygen atoms in total. The van der Waals surface area contributed by atoms with Gasteiger partial charge in [-0.05, 0) is 30.3 Å². The second-order valence-corrected chi connectivity index (χ2v) is 4.41. The van der Waals surface area contributed by atoms with Gasteiger partial charge in [0.1, 0.15) is 12.2 Å². The van der Waals surface area contributed by atoms with Crippen molar-refractivity contribution in [2.75, 3.05) is 10.6 Å². The maximum absolute atomic E-state index is 13.0. The molecule has 0 saturated carbocycles. The first-order chi connectivity index (χ1) is 10.4. The van der Waals surface area contributed by atoms with Gasteiger partial charge in [-0.3, -0.25) is 9.59 Å². The predicted molar refractivity (Wildman–Crippen MR) is 74.6 cm³/mol. The van der Waals surface area contributed by atoms with Gasteiger partial charge in [0, 0.05) is 17.4 Å². The summed E-state index contributed by atoms with van der Waals surface area (Å²) in [6.07, 6.45) is -0.546. The van der Waals surface area contributed by atoms with Gasteiger partial charge in [0.05, 0.1) is 0 Å². The lowest BCUT2D eigenvalue weighted by molar-refractivity contribution is -0.123. The molecule has 0 radical (unpaired) electrons. The van der Waals surface area contributed by atoms with Crippen molar-refractivity contribution in [3.63, 3.8) is 0 Å². The first-order valence-corrected chi connectivity index (χ1v) is 6.24. The number of amides is 2. The predicted octanol–water partition coefficient (Wildman–Crippen LogP) is 3.07. The smallest absolute Gasteiger partial charge is 0.233 e. The first-order valence-electron chi connectivity index (χ1n) is 6.24. The van der Waals surface area contributed by atoms with Crippen LogP contribution < -0.4 is 10.6 Å². The number of carbonyl (C=O) groups excluding carboxylic acids is 2. The van der Waals surface area contributed by atoms with E-state index in [-0.39, 0.29) is 11.4 Å². The number of rotatable bonds is 4. The lowest BCUT2D eigenvalue weighted by atomic mass is 10.2. The van der Waals surface area contributed by atoms with E-state index in [0.29, 0.717) is 0 Å². The van der Waals surface area contributed by atoms with Gasteiger partial charge in [-0.25, -0.2) is 13.2 Å². The van der Waals surface area contributed by atoms with Gasteiger partial charge in [0.2, 0.25) is 11.8 Å².